The maximum absolute atomic E-state index is 3.85. The summed E-state index contributed by atoms with van der Waals surface area (Å²) in [5, 5.41) is 7.57. The molecular formula is C7H15N5. The van der Waals surface area contributed by atoms with Crippen molar-refractivity contribution in [1.82, 2.24) is 15.2 Å². The van der Waals surface area contributed by atoms with Gasteiger partial charge in [-0.2, -0.15) is 5.11 Å². The van der Waals surface area contributed by atoms with Gasteiger partial charge in [0.15, 0.2) is 0 Å². The van der Waals surface area contributed by atoms with Crippen LogP contribution in [0.15, 0.2) is 21.9 Å². The summed E-state index contributed by atoms with van der Waals surface area (Å²) in [5.41, 5.74) is 3.92. The van der Waals surface area contributed by atoms with Crippen molar-refractivity contribution in [3.8, 4) is 0 Å². The summed E-state index contributed by atoms with van der Waals surface area (Å²) in [5.74, 6) is 1.11. The Labute approximate surface area is 72.7 Å². The predicted molar refractivity (Wildman–Crippen MR) is 47.3 cm³/mol. The van der Waals surface area contributed by atoms with Crippen LogP contribution >= 0.6 is 0 Å². The Balaban J connectivity index is 2.84. The van der Waals surface area contributed by atoms with Crippen LogP contribution in [0.4, 0.5) is 0 Å². The van der Waals surface area contributed by atoms with Gasteiger partial charge < -0.3 is 9.80 Å². The van der Waals surface area contributed by atoms with Crippen molar-refractivity contribution in [3.05, 3.63) is 11.5 Å². The van der Waals surface area contributed by atoms with Gasteiger partial charge in [-0.1, -0.05) is 5.22 Å². The highest BCUT2D eigenvalue weighted by Gasteiger charge is 2.13. The summed E-state index contributed by atoms with van der Waals surface area (Å²) < 4.78 is 0. The van der Waals surface area contributed by atoms with Crippen LogP contribution < -0.4 is 5.43 Å². The van der Waals surface area contributed by atoms with Crippen molar-refractivity contribution in [1.29, 1.82) is 0 Å². The van der Waals surface area contributed by atoms with E-state index in [1.165, 1.54) is 0 Å². The zero-order valence-corrected chi connectivity index (χ0v) is 8.00. The van der Waals surface area contributed by atoms with E-state index in [4.69, 9.17) is 0 Å². The molecule has 5 nitrogen and oxygen atoms in total. The first-order valence-electron chi connectivity index (χ1n) is 3.83. The molecule has 5 heteroatoms. The zero-order chi connectivity index (χ0) is 9.14. The molecule has 0 amide bonds. The van der Waals surface area contributed by atoms with Gasteiger partial charge in [0.25, 0.3) is 0 Å². The van der Waals surface area contributed by atoms with Crippen LogP contribution in [-0.4, -0.2) is 44.5 Å². The van der Waals surface area contributed by atoms with Crippen LogP contribution in [0.3, 0.4) is 0 Å². The van der Waals surface area contributed by atoms with E-state index in [0.717, 1.165) is 11.5 Å². The predicted octanol–water partition coefficient (Wildman–Crippen LogP) is 0.249. The molecule has 0 aliphatic carbocycles. The quantitative estimate of drug-likeness (QED) is 0.644. The maximum Gasteiger partial charge on any atom is 0.126 e. The monoisotopic (exact) mass is 169 g/mol. The molecule has 1 rings (SSSR count). The van der Waals surface area contributed by atoms with E-state index in [1.54, 1.807) is 0 Å². The number of hydrogen-bond donors (Lipinski definition) is 1. The summed E-state index contributed by atoms with van der Waals surface area (Å²) in [6.45, 7) is 0.645. The van der Waals surface area contributed by atoms with E-state index in [1.807, 2.05) is 38.0 Å². The molecule has 0 aromatic carbocycles. The summed E-state index contributed by atoms with van der Waals surface area (Å²) >= 11 is 0. The molecule has 0 atom stereocenters. The lowest BCUT2D eigenvalue weighted by Gasteiger charge is -2.25. The van der Waals surface area contributed by atoms with Crippen molar-refractivity contribution >= 4 is 0 Å². The molecule has 12 heavy (non-hydrogen) atoms. The molecule has 0 fully saturated rings. The highest BCUT2D eigenvalue weighted by molar-refractivity contribution is 5.12. The largest absolute Gasteiger partial charge is 0.363 e. The molecule has 1 aliphatic heterocycles. The second kappa shape index (κ2) is 3.42. The fourth-order valence-corrected chi connectivity index (χ4v) is 1.30. The average Bonchev–Trinajstić information content (AvgIpc) is 2.37. The Morgan fingerprint density at radius 3 is 2.17 bits per heavy atom. The number of hydrogen-bond acceptors (Lipinski definition) is 5. The van der Waals surface area contributed by atoms with Crippen LogP contribution in [0.2, 0.25) is 0 Å². The minimum atomic E-state index is 0.645. The van der Waals surface area contributed by atoms with Crippen molar-refractivity contribution in [2.75, 3.05) is 34.7 Å². The van der Waals surface area contributed by atoms with Gasteiger partial charge in [0.1, 0.15) is 12.4 Å². The average molecular weight is 169 g/mol. The van der Waals surface area contributed by atoms with Crippen LogP contribution in [-0.2, 0) is 0 Å². The lowest BCUT2D eigenvalue weighted by atomic mass is 10.4. The number of nitrogens with zero attached hydrogens (tertiary/aromatic N) is 4. The Morgan fingerprint density at radius 2 is 1.83 bits per heavy atom. The van der Waals surface area contributed by atoms with Gasteiger partial charge in [-0.3, -0.25) is 5.43 Å². The van der Waals surface area contributed by atoms with Crippen LogP contribution in [0, 0.1) is 0 Å². The molecule has 1 heterocycles. The second-order valence-electron chi connectivity index (χ2n) is 3.10. The molecule has 0 saturated carbocycles. The second-order valence-corrected chi connectivity index (χ2v) is 3.10. The van der Waals surface area contributed by atoms with Crippen LogP contribution in [0.1, 0.15) is 0 Å². The van der Waals surface area contributed by atoms with Gasteiger partial charge in [0, 0.05) is 28.2 Å². The molecule has 0 spiro atoms. The van der Waals surface area contributed by atoms with E-state index in [-0.39, 0.29) is 0 Å². The van der Waals surface area contributed by atoms with Crippen LogP contribution in [0.5, 0.6) is 0 Å². The Bertz CT molecular complexity index is 196. The fraction of sp³-hybridized carbons (Fsp3) is 0.714. The van der Waals surface area contributed by atoms with Gasteiger partial charge >= 0.3 is 0 Å². The molecular weight excluding hydrogens is 154 g/mol. The molecule has 0 radical (unpaired) electrons. The summed E-state index contributed by atoms with van der Waals surface area (Å²) in [6, 6.07) is 0. The van der Waals surface area contributed by atoms with Crippen LogP contribution in [0.25, 0.3) is 0 Å². The summed E-state index contributed by atoms with van der Waals surface area (Å²) in [4.78, 5) is 4.08. The molecule has 0 saturated heterocycles. The topological polar surface area (TPSA) is 43.2 Å². The van der Waals surface area contributed by atoms with E-state index in [9.17, 15) is 0 Å². The highest BCUT2D eigenvalue weighted by Crippen LogP contribution is 2.11. The molecule has 0 aromatic heterocycles. The fourth-order valence-electron chi connectivity index (χ4n) is 1.30. The van der Waals surface area contributed by atoms with Gasteiger partial charge in [0.2, 0.25) is 0 Å². The first kappa shape index (κ1) is 8.83. The van der Waals surface area contributed by atoms with E-state index >= 15 is 0 Å². The SMILES string of the molecule is CN(C)C(=C1CN=NN1)N(C)C. The molecule has 0 aromatic rings. The maximum atomic E-state index is 3.85. The lowest BCUT2D eigenvalue weighted by Crippen LogP contribution is -2.29. The third-order valence-electron chi connectivity index (χ3n) is 1.60. The Morgan fingerprint density at radius 1 is 1.25 bits per heavy atom. The van der Waals surface area contributed by atoms with Crippen molar-refractivity contribution in [2.24, 2.45) is 10.3 Å². The van der Waals surface area contributed by atoms with E-state index in [2.05, 4.69) is 15.8 Å². The normalized spacial score (nSPS) is 14.5. The lowest BCUT2D eigenvalue weighted by molar-refractivity contribution is 0.332. The smallest absolute Gasteiger partial charge is 0.126 e. The first-order chi connectivity index (χ1) is 5.63. The first-order valence-corrected chi connectivity index (χ1v) is 3.83. The third-order valence-corrected chi connectivity index (χ3v) is 1.60. The standard InChI is InChI=1S/C7H15N5/c1-11(2)7(12(3)4)6-5-8-10-9-6/h5H2,1-4H3,(H,8,9). The Hall–Kier alpha value is -1.26. The van der Waals surface area contributed by atoms with Crippen molar-refractivity contribution in [3.63, 3.8) is 0 Å². The third kappa shape index (κ3) is 1.66. The zero-order valence-electron chi connectivity index (χ0n) is 8.00. The minimum absolute atomic E-state index is 0.645. The molecule has 0 unspecified atom stereocenters. The number of rotatable bonds is 2. The Kier molecular flexibility index (Phi) is 2.52. The van der Waals surface area contributed by atoms with E-state index in [0.29, 0.717) is 6.54 Å². The van der Waals surface area contributed by atoms with Gasteiger partial charge in [-0.25, -0.2) is 0 Å². The van der Waals surface area contributed by atoms with Gasteiger partial charge in [-0.15, -0.1) is 0 Å². The highest BCUT2D eigenvalue weighted by atomic mass is 15.5. The molecule has 68 valence electrons. The van der Waals surface area contributed by atoms with E-state index < -0.39 is 0 Å². The van der Waals surface area contributed by atoms with Gasteiger partial charge in [0.05, 0.1) is 5.70 Å². The molecule has 0 bridgehead atoms. The van der Waals surface area contributed by atoms with Gasteiger partial charge in [-0.05, 0) is 0 Å². The minimum Gasteiger partial charge on any atom is -0.363 e. The molecule has 1 N–H and O–H groups in total. The molecule has 1 aliphatic rings. The van der Waals surface area contributed by atoms with Crippen molar-refractivity contribution < 1.29 is 0 Å². The summed E-state index contributed by atoms with van der Waals surface area (Å²) in [6.07, 6.45) is 0. The summed E-state index contributed by atoms with van der Waals surface area (Å²) in [7, 11) is 8.01. The number of nitrogens with one attached hydrogen (secondary N) is 1. The van der Waals surface area contributed by atoms with Crippen molar-refractivity contribution in [2.45, 2.75) is 0 Å².